The largest absolute Gasteiger partial charge is 0.497 e. The highest BCUT2D eigenvalue weighted by Crippen LogP contribution is 2.23. The molecule has 6 nitrogen and oxygen atoms in total. The van der Waals surface area contributed by atoms with E-state index in [2.05, 4.69) is 20.2 Å². The normalized spacial score (nSPS) is 10.4. The van der Waals surface area contributed by atoms with Gasteiger partial charge in [0.05, 0.1) is 7.11 Å². The molecule has 0 saturated carbocycles. The number of aryl methyl sites for hydroxylation is 1. The van der Waals surface area contributed by atoms with Crippen molar-refractivity contribution in [3.8, 4) is 5.75 Å². The first-order chi connectivity index (χ1) is 13.6. The van der Waals surface area contributed by atoms with Crippen LogP contribution in [0.5, 0.6) is 5.75 Å². The lowest BCUT2D eigenvalue weighted by Gasteiger charge is -2.22. The van der Waals surface area contributed by atoms with Crippen molar-refractivity contribution < 1.29 is 9.53 Å². The summed E-state index contributed by atoms with van der Waals surface area (Å²) in [5.41, 5.74) is 2.36. The summed E-state index contributed by atoms with van der Waals surface area (Å²) in [7, 11) is 1.63. The molecule has 3 rings (SSSR count). The highest BCUT2D eigenvalue weighted by molar-refractivity contribution is 5.93. The molecule has 2 aromatic carbocycles. The van der Waals surface area contributed by atoms with Crippen LogP contribution in [0.3, 0.4) is 0 Å². The number of hydrogen-bond donors (Lipinski definition) is 1. The number of methoxy groups -OCH3 is 1. The fraction of sp³-hybridized carbons (Fsp3) is 0.227. The fourth-order valence-electron chi connectivity index (χ4n) is 2.91. The van der Waals surface area contributed by atoms with Crippen molar-refractivity contribution in [2.45, 2.75) is 20.4 Å². The van der Waals surface area contributed by atoms with Crippen LogP contribution in [0.2, 0.25) is 0 Å². The van der Waals surface area contributed by atoms with Gasteiger partial charge in [0, 0.05) is 24.8 Å². The van der Waals surface area contributed by atoms with Crippen LogP contribution in [0.1, 0.15) is 28.8 Å². The van der Waals surface area contributed by atoms with Gasteiger partial charge in [0.2, 0.25) is 0 Å². The third-order valence-corrected chi connectivity index (χ3v) is 4.33. The SMILES string of the molecule is CCN(c1ccccc1)c1cc(C(=O)NCc2ccc(OC)cc2)nc(C)n1. The Morgan fingerprint density at radius 2 is 1.79 bits per heavy atom. The van der Waals surface area contributed by atoms with Crippen LogP contribution in [0.15, 0.2) is 60.7 Å². The predicted octanol–water partition coefficient (Wildman–Crippen LogP) is 3.88. The number of ether oxygens (including phenoxy) is 1. The molecule has 1 heterocycles. The summed E-state index contributed by atoms with van der Waals surface area (Å²) in [4.78, 5) is 23.5. The summed E-state index contributed by atoms with van der Waals surface area (Å²) in [6.07, 6.45) is 0. The summed E-state index contributed by atoms with van der Waals surface area (Å²) in [6, 6.07) is 19.3. The van der Waals surface area contributed by atoms with Gasteiger partial charge in [0.25, 0.3) is 5.91 Å². The van der Waals surface area contributed by atoms with Crippen LogP contribution in [0, 0.1) is 6.92 Å². The van der Waals surface area contributed by atoms with Crippen LogP contribution in [0.4, 0.5) is 11.5 Å². The zero-order valence-corrected chi connectivity index (χ0v) is 16.3. The molecule has 0 atom stereocenters. The van der Waals surface area contributed by atoms with Crippen molar-refractivity contribution in [3.63, 3.8) is 0 Å². The van der Waals surface area contributed by atoms with Crippen molar-refractivity contribution in [1.82, 2.24) is 15.3 Å². The van der Waals surface area contributed by atoms with E-state index in [0.717, 1.165) is 23.5 Å². The van der Waals surface area contributed by atoms with E-state index in [1.54, 1.807) is 20.1 Å². The maximum Gasteiger partial charge on any atom is 0.270 e. The molecule has 0 radical (unpaired) electrons. The van der Waals surface area contributed by atoms with Gasteiger partial charge in [0.1, 0.15) is 23.1 Å². The minimum atomic E-state index is -0.230. The monoisotopic (exact) mass is 376 g/mol. The number of hydrogen-bond acceptors (Lipinski definition) is 5. The summed E-state index contributed by atoms with van der Waals surface area (Å²) in [5.74, 6) is 1.82. The molecule has 6 heteroatoms. The summed E-state index contributed by atoms with van der Waals surface area (Å²) in [6.45, 7) is 4.99. The lowest BCUT2D eigenvalue weighted by molar-refractivity contribution is 0.0945. The second-order valence-corrected chi connectivity index (χ2v) is 6.27. The molecule has 144 valence electrons. The molecular formula is C22H24N4O2. The van der Waals surface area contributed by atoms with Gasteiger partial charge in [-0.25, -0.2) is 9.97 Å². The Balaban J connectivity index is 1.77. The third-order valence-electron chi connectivity index (χ3n) is 4.33. The van der Waals surface area contributed by atoms with E-state index in [1.165, 1.54) is 0 Å². The van der Waals surface area contributed by atoms with Gasteiger partial charge in [-0.1, -0.05) is 30.3 Å². The number of rotatable bonds is 7. The second-order valence-electron chi connectivity index (χ2n) is 6.27. The number of nitrogens with one attached hydrogen (secondary N) is 1. The van der Waals surface area contributed by atoms with E-state index in [4.69, 9.17) is 4.74 Å². The molecule has 0 saturated heterocycles. The number of amides is 1. The molecule has 0 unspecified atom stereocenters. The third kappa shape index (κ3) is 4.65. The van der Waals surface area contributed by atoms with Gasteiger partial charge in [0.15, 0.2) is 0 Å². The standard InChI is InChI=1S/C22H24N4O2/c1-4-26(18-8-6-5-7-9-18)21-14-20(24-16(2)25-21)22(27)23-15-17-10-12-19(28-3)13-11-17/h5-14H,4,15H2,1-3H3,(H,23,27). The average molecular weight is 376 g/mol. The Morgan fingerprint density at radius 3 is 2.43 bits per heavy atom. The van der Waals surface area contributed by atoms with Gasteiger partial charge in [-0.15, -0.1) is 0 Å². The van der Waals surface area contributed by atoms with E-state index in [0.29, 0.717) is 23.9 Å². The van der Waals surface area contributed by atoms with Crippen LogP contribution >= 0.6 is 0 Å². The summed E-state index contributed by atoms with van der Waals surface area (Å²) < 4.78 is 5.15. The number of para-hydroxylation sites is 1. The van der Waals surface area contributed by atoms with E-state index < -0.39 is 0 Å². The number of benzene rings is 2. The molecular weight excluding hydrogens is 352 g/mol. The fourth-order valence-corrected chi connectivity index (χ4v) is 2.91. The Kier molecular flexibility index (Phi) is 6.22. The molecule has 3 aromatic rings. The van der Waals surface area contributed by atoms with E-state index in [9.17, 15) is 4.79 Å². The second kappa shape index (κ2) is 8.99. The Morgan fingerprint density at radius 1 is 1.07 bits per heavy atom. The Hall–Kier alpha value is -3.41. The molecule has 0 aliphatic rings. The Bertz CT molecular complexity index is 927. The molecule has 0 aliphatic carbocycles. The van der Waals surface area contributed by atoms with E-state index in [-0.39, 0.29) is 5.91 Å². The minimum absolute atomic E-state index is 0.230. The average Bonchev–Trinajstić information content (AvgIpc) is 2.73. The lowest BCUT2D eigenvalue weighted by Crippen LogP contribution is -2.25. The zero-order chi connectivity index (χ0) is 19.9. The van der Waals surface area contributed by atoms with Crippen molar-refractivity contribution in [3.05, 3.63) is 77.7 Å². The first kappa shape index (κ1) is 19.4. The van der Waals surface area contributed by atoms with Crippen LogP contribution in [0.25, 0.3) is 0 Å². The molecule has 0 spiro atoms. The summed E-state index contributed by atoms with van der Waals surface area (Å²) in [5, 5.41) is 2.92. The molecule has 1 amide bonds. The number of carbonyl (C=O) groups is 1. The molecule has 28 heavy (non-hydrogen) atoms. The maximum absolute atomic E-state index is 12.6. The number of anilines is 2. The smallest absolute Gasteiger partial charge is 0.270 e. The van der Waals surface area contributed by atoms with E-state index in [1.807, 2.05) is 61.5 Å². The zero-order valence-electron chi connectivity index (χ0n) is 16.3. The quantitative estimate of drug-likeness (QED) is 0.678. The predicted molar refractivity (Wildman–Crippen MR) is 110 cm³/mol. The van der Waals surface area contributed by atoms with Crippen molar-refractivity contribution in [2.75, 3.05) is 18.6 Å². The van der Waals surface area contributed by atoms with Crippen LogP contribution in [-0.4, -0.2) is 29.5 Å². The molecule has 0 aliphatic heterocycles. The maximum atomic E-state index is 12.6. The highest BCUT2D eigenvalue weighted by Gasteiger charge is 2.15. The first-order valence-electron chi connectivity index (χ1n) is 9.20. The molecule has 0 bridgehead atoms. The van der Waals surface area contributed by atoms with Gasteiger partial charge >= 0.3 is 0 Å². The van der Waals surface area contributed by atoms with Crippen molar-refractivity contribution in [1.29, 1.82) is 0 Å². The molecule has 1 aromatic heterocycles. The first-order valence-corrected chi connectivity index (χ1v) is 9.20. The van der Waals surface area contributed by atoms with Crippen LogP contribution in [-0.2, 0) is 6.54 Å². The lowest BCUT2D eigenvalue weighted by atomic mass is 10.2. The highest BCUT2D eigenvalue weighted by atomic mass is 16.5. The van der Waals surface area contributed by atoms with E-state index >= 15 is 0 Å². The van der Waals surface area contributed by atoms with Gasteiger partial charge in [-0.05, 0) is 43.7 Å². The minimum Gasteiger partial charge on any atom is -0.497 e. The Labute approximate surface area is 165 Å². The van der Waals surface area contributed by atoms with Gasteiger partial charge < -0.3 is 15.0 Å². The van der Waals surface area contributed by atoms with Crippen molar-refractivity contribution >= 4 is 17.4 Å². The topological polar surface area (TPSA) is 67.4 Å². The molecule has 1 N–H and O–H groups in total. The van der Waals surface area contributed by atoms with Gasteiger partial charge in [-0.2, -0.15) is 0 Å². The molecule has 0 fully saturated rings. The number of aromatic nitrogens is 2. The van der Waals surface area contributed by atoms with Crippen molar-refractivity contribution in [2.24, 2.45) is 0 Å². The summed E-state index contributed by atoms with van der Waals surface area (Å²) >= 11 is 0. The van der Waals surface area contributed by atoms with Gasteiger partial charge in [-0.3, -0.25) is 4.79 Å². The van der Waals surface area contributed by atoms with Crippen LogP contribution < -0.4 is 15.0 Å². The number of carbonyl (C=O) groups excluding carboxylic acids is 1. The number of nitrogens with zero attached hydrogens (tertiary/aromatic N) is 3.